The number of nitrogens with one attached hydrogen (secondary N) is 1. The van der Waals surface area contributed by atoms with Crippen LogP contribution in [0.1, 0.15) is 54.4 Å². The van der Waals surface area contributed by atoms with E-state index < -0.39 is 28.5 Å². The molecule has 252 valence electrons. The lowest BCUT2D eigenvalue weighted by Crippen LogP contribution is -2.55. The van der Waals surface area contributed by atoms with Crippen molar-refractivity contribution in [3.05, 3.63) is 129 Å². The van der Waals surface area contributed by atoms with Crippen molar-refractivity contribution in [3.8, 4) is 0 Å². The summed E-state index contributed by atoms with van der Waals surface area (Å²) in [6.45, 7) is 3.13. The first-order valence-corrected chi connectivity index (χ1v) is 18.4. The molecule has 5 rings (SSSR count). The number of sulfonamides is 1. The predicted molar refractivity (Wildman–Crippen MR) is 193 cm³/mol. The Balaban J connectivity index is 1.59. The molecule has 48 heavy (non-hydrogen) atoms. The van der Waals surface area contributed by atoms with Crippen molar-refractivity contribution < 1.29 is 18.0 Å². The van der Waals surface area contributed by atoms with Crippen LogP contribution in [0.15, 0.2) is 102 Å². The third kappa shape index (κ3) is 8.98. The molecule has 1 aliphatic carbocycles. The molecule has 1 fully saturated rings. The lowest BCUT2D eigenvalue weighted by molar-refractivity contribution is -0.140. The SMILES string of the molecule is Cc1ccc(S(=O)(=O)N(CC(=O)N(Cc2cccc(Cl)c2)C(Cc2ccccc2)C(=O)NC2CCCCC2)c2cc(Cl)ccc2C)cc1. The van der Waals surface area contributed by atoms with Crippen LogP contribution in [0.2, 0.25) is 10.0 Å². The minimum absolute atomic E-state index is 0.0140. The van der Waals surface area contributed by atoms with E-state index >= 15 is 0 Å². The Morgan fingerprint density at radius 3 is 2.17 bits per heavy atom. The average molecular weight is 707 g/mol. The molecule has 4 aromatic carbocycles. The molecule has 10 heteroatoms. The number of amides is 2. The number of hydrogen-bond acceptors (Lipinski definition) is 4. The number of nitrogens with zero attached hydrogens (tertiary/aromatic N) is 2. The minimum atomic E-state index is -4.24. The van der Waals surface area contributed by atoms with Gasteiger partial charge in [0.05, 0.1) is 10.6 Å². The molecule has 0 aliphatic heterocycles. The number of hydrogen-bond donors (Lipinski definition) is 1. The Bertz CT molecular complexity index is 1830. The molecule has 0 spiro atoms. The van der Waals surface area contributed by atoms with E-state index in [0.717, 1.165) is 47.5 Å². The van der Waals surface area contributed by atoms with Gasteiger partial charge >= 0.3 is 0 Å². The van der Waals surface area contributed by atoms with Gasteiger partial charge in [0.25, 0.3) is 10.0 Å². The molecular weight excluding hydrogens is 665 g/mol. The molecule has 0 saturated heterocycles. The van der Waals surface area contributed by atoms with Gasteiger partial charge in [0, 0.05) is 29.1 Å². The van der Waals surface area contributed by atoms with E-state index in [2.05, 4.69) is 5.32 Å². The van der Waals surface area contributed by atoms with Gasteiger partial charge in [0.15, 0.2) is 0 Å². The molecule has 4 aromatic rings. The van der Waals surface area contributed by atoms with E-state index in [1.807, 2.05) is 43.3 Å². The van der Waals surface area contributed by atoms with Gasteiger partial charge in [-0.2, -0.15) is 0 Å². The fraction of sp³-hybridized carbons (Fsp3) is 0.316. The maximum atomic E-state index is 14.7. The summed E-state index contributed by atoms with van der Waals surface area (Å²) in [6.07, 6.45) is 5.19. The quantitative estimate of drug-likeness (QED) is 0.162. The van der Waals surface area contributed by atoms with Gasteiger partial charge in [-0.05, 0) is 79.8 Å². The average Bonchev–Trinajstić information content (AvgIpc) is 3.07. The van der Waals surface area contributed by atoms with Crippen LogP contribution in [-0.4, -0.2) is 43.8 Å². The molecule has 1 unspecified atom stereocenters. The second-order valence-electron chi connectivity index (χ2n) is 12.5. The Hall–Kier alpha value is -3.85. The maximum absolute atomic E-state index is 14.7. The normalized spacial score (nSPS) is 14.2. The Labute approximate surface area is 293 Å². The predicted octanol–water partition coefficient (Wildman–Crippen LogP) is 7.89. The Morgan fingerprint density at radius 2 is 1.48 bits per heavy atom. The van der Waals surface area contributed by atoms with Crippen LogP contribution < -0.4 is 9.62 Å². The molecule has 7 nitrogen and oxygen atoms in total. The summed E-state index contributed by atoms with van der Waals surface area (Å²) in [5.41, 5.74) is 3.40. The van der Waals surface area contributed by atoms with E-state index in [1.165, 1.54) is 17.0 Å². The largest absolute Gasteiger partial charge is 0.352 e. The first-order chi connectivity index (χ1) is 23.0. The molecular formula is C38H41Cl2N3O4S. The van der Waals surface area contributed by atoms with Crippen molar-refractivity contribution >= 4 is 50.7 Å². The van der Waals surface area contributed by atoms with E-state index in [9.17, 15) is 18.0 Å². The third-order valence-corrected chi connectivity index (χ3v) is 11.0. The zero-order valence-corrected chi connectivity index (χ0v) is 29.6. The van der Waals surface area contributed by atoms with Crippen molar-refractivity contribution in [2.45, 2.75) is 75.9 Å². The van der Waals surface area contributed by atoms with Crippen LogP contribution >= 0.6 is 23.2 Å². The first kappa shape index (κ1) is 35.5. The molecule has 0 aromatic heterocycles. The van der Waals surface area contributed by atoms with Crippen LogP contribution in [0.3, 0.4) is 0 Å². The standard InChI is InChI=1S/C38H41Cl2N3O4S/c1-27-16-20-34(21-17-27)48(46,47)43(35-24-32(40)19-18-28(35)2)26-37(44)42(25-30-12-9-13-31(39)22-30)36(23-29-10-5-3-6-11-29)38(45)41-33-14-7-4-8-15-33/h3,5-6,9-13,16-22,24,33,36H,4,7-8,14-15,23,25-26H2,1-2H3,(H,41,45). The summed E-state index contributed by atoms with van der Waals surface area (Å²) in [7, 11) is -4.24. The lowest BCUT2D eigenvalue weighted by Gasteiger charge is -2.35. The first-order valence-electron chi connectivity index (χ1n) is 16.2. The molecule has 1 saturated carbocycles. The highest BCUT2D eigenvalue weighted by molar-refractivity contribution is 7.92. The van der Waals surface area contributed by atoms with Crippen LogP contribution in [-0.2, 0) is 32.6 Å². The summed E-state index contributed by atoms with van der Waals surface area (Å²) in [5.74, 6) is -0.808. The fourth-order valence-corrected chi connectivity index (χ4v) is 7.98. The molecule has 1 N–H and O–H groups in total. The topological polar surface area (TPSA) is 86.8 Å². The second-order valence-corrected chi connectivity index (χ2v) is 15.2. The van der Waals surface area contributed by atoms with Crippen LogP contribution in [0.25, 0.3) is 0 Å². The van der Waals surface area contributed by atoms with Crippen molar-refractivity contribution in [1.82, 2.24) is 10.2 Å². The highest BCUT2D eigenvalue weighted by atomic mass is 35.5. The number of carbonyl (C=O) groups is 2. The van der Waals surface area contributed by atoms with Crippen LogP contribution in [0.4, 0.5) is 5.69 Å². The monoisotopic (exact) mass is 705 g/mol. The van der Waals surface area contributed by atoms with E-state index in [0.29, 0.717) is 21.2 Å². The van der Waals surface area contributed by atoms with Crippen molar-refractivity contribution in [2.24, 2.45) is 0 Å². The van der Waals surface area contributed by atoms with Crippen LogP contribution in [0.5, 0.6) is 0 Å². The van der Waals surface area contributed by atoms with Crippen LogP contribution in [0, 0.1) is 13.8 Å². The van der Waals surface area contributed by atoms with Gasteiger partial charge in [-0.3, -0.25) is 13.9 Å². The molecule has 0 heterocycles. The van der Waals surface area contributed by atoms with Gasteiger partial charge in [0.2, 0.25) is 11.8 Å². The maximum Gasteiger partial charge on any atom is 0.264 e. The number of halogens is 2. The Kier molecular flexibility index (Phi) is 11.8. The number of benzene rings is 4. The number of carbonyl (C=O) groups excluding carboxylic acids is 2. The second kappa shape index (κ2) is 16.0. The zero-order chi connectivity index (χ0) is 34.3. The highest BCUT2D eigenvalue weighted by Crippen LogP contribution is 2.30. The van der Waals surface area contributed by atoms with Gasteiger partial charge in [-0.15, -0.1) is 0 Å². The van der Waals surface area contributed by atoms with Crippen molar-refractivity contribution in [1.29, 1.82) is 0 Å². The van der Waals surface area contributed by atoms with Crippen molar-refractivity contribution in [2.75, 3.05) is 10.8 Å². The van der Waals surface area contributed by atoms with Crippen molar-refractivity contribution in [3.63, 3.8) is 0 Å². The summed E-state index contributed by atoms with van der Waals surface area (Å²) in [6, 6.07) is 27.2. The van der Waals surface area contributed by atoms with E-state index in [4.69, 9.17) is 23.2 Å². The molecule has 0 bridgehead atoms. The lowest BCUT2D eigenvalue weighted by atomic mass is 9.94. The summed E-state index contributed by atoms with van der Waals surface area (Å²) >= 11 is 12.8. The number of aryl methyl sites for hydroxylation is 2. The molecule has 0 radical (unpaired) electrons. The van der Waals surface area contributed by atoms with Gasteiger partial charge in [-0.25, -0.2) is 8.42 Å². The van der Waals surface area contributed by atoms with E-state index in [1.54, 1.807) is 55.5 Å². The van der Waals surface area contributed by atoms with Gasteiger partial charge in [-0.1, -0.05) is 109 Å². The summed E-state index contributed by atoms with van der Waals surface area (Å²) in [4.78, 5) is 30.5. The van der Waals surface area contributed by atoms with E-state index in [-0.39, 0.29) is 35.5 Å². The molecule has 1 atom stereocenters. The molecule has 1 aliphatic rings. The summed E-state index contributed by atoms with van der Waals surface area (Å²) in [5, 5.41) is 4.05. The minimum Gasteiger partial charge on any atom is -0.352 e. The smallest absolute Gasteiger partial charge is 0.264 e. The fourth-order valence-electron chi connectivity index (χ4n) is 6.13. The summed E-state index contributed by atoms with van der Waals surface area (Å²) < 4.78 is 29.8. The van der Waals surface area contributed by atoms with Gasteiger partial charge < -0.3 is 10.2 Å². The number of anilines is 1. The highest BCUT2D eigenvalue weighted by Gasteiger charge is 2.36. The third-order valence-electron chi connectivity index (χ3n) is 8.79. The number of rotatable bonds is 12. The molecule has 2 amide bonds. The van der Waals surface area contributed by atoms with Gasteiger partial charge in [0.1, 0.15) is 12.6 Å². The zero-order valence-electron chi connectivity index (χ0n) is 27.2. The Morgan fingerprint density at radius 1 is 0.812 bits per heavy atom.